The van der Waals surface area contributed by atoms with Crippen LogP contribution in [-0.4, -0.2) is 17.7 Å². The van der Waals surface area contributed by atoms with Crippen LogP contribution in [0.25, 0.3) is 22.9 Å². The molecular weight excluding hydrogens is 316 g/mol. The number of fused-ring (bicyclic) bond motifs is 1. The summed E-state index contributed by atoms with van der Waals surface area (Å²) in [7, 11) is 0. The molecule has 0 aromatic heterocycles. The second kappa shape index (κ2) is 6.74. The number of carbonyl (C=O) groups excluding carboxylic acids is 1. The number of esters is 1. The van der Waals surface area contributed by atoms with Gasteiger partial charge in [0.15, 0.2) is 16.9 Å². The van der Waals surface area contributed by atoms with Gasteiger partial charge in [0.1, 0.15) is 12.4 Å². The molecule has 2 rings (SSSR count). The number of aliphatic hydroxyl groups is 1. The molecule has 7 nitrogen and oxygen atoms in total. The van der Waals surface area contributed by atoms with E-state index in [4.69, 9.17) is 13.6 Å². The molecule has 1 heterocycles. The maximum absolute atomic E-state index is 12.1. The van der Waals surface area contributed by atoms with Crippen LogP contribution in [0.3, 0.4) is 0 Å². The predicted molar refractivity (Wildman–Crippen MR) is 86.0 cm³/mol. The minimum absolute atomic E-state index is 0.0151. The number of hydrogen-bond donors (Lipinski definition) is 1. The second-order valence-corrected chi connectivity index (χ2v) is 5.82. The molecule has 1 aliphatic carbocycles. The van der Waals surface area contributed by atoms with E-state index in [1.54, 1.807) is 27.7 Å². The summed E-state index contributed by atoms with van der Waals surface area (Å²) in [6, 6.07) is 2.30. The highest BCUT2D eigenvalue weighted by atomic mass is 16.5. The minimum Gasteiger partial charge on any atom is -0.508 e. The topological polar surface area (TPSA) is 107 Å². The largest absolute Gasteiger partial charge is 0.508 e. The molecule has 2 aliphatic rings. The third kappa shape index (κ3) is 3.56. The van der Waals surface area contributed by atoms with E-state index in [1.807, 2.05) is 0 Å². The van der Waals surface area contributed by atoms with Gasteiger partial charge in [-0.1, -0.05) is 13.8 Å². The Morgan fingerprint density at radius 1 is 1.17 bits per heavy atom. The van der Waals surface area contributed by atoms with Gasteiger partial charge in [0.2, 0.25) is 5.42 Å². The Kier molecular flexibility index (Phi) is 4.92. The van der Waals surface area contributed by atoms with Gasteiger partial charge in [-0.3, -0.25) is 9.59 Å². The number of carbonyl (C=O) groups is 1. The van der Waals surface area contributed by atoms with Crippen LogP contribution in [0.15, 0.2) is 30.6 Å². The highest BCUT2D eigenvalue weighted by Gasteiger charge is 2.15. The van der Waals surface area contributed by atoms with Crippen molar-refractivity contribution < 1.29 is 23.5 Å². The van der Waals surface area contributed by atoms with Crippen molar-refractivity contribution in [3.05, 3.63) is 43.4 Å². The summed E-state index contributed by atoms with van der Waals surface area (Å²) in [5, 5.41) is 9.87. The van der Waals surface area contributed by atoms with Crippen molar-refractivity contribution in [3.63, 3.8) is 0 Å². The first-order valence-corrected chi connectivity index (χ1v) is 7.35. The monoisotopic (exact) mass is 334 g/mol. The van der Waals surface area contributed by atoms with Crippen LogP contribution in [0.2, 0.25) is 0 Å². The summed E-state index contributed by atoms with van der Waals surface area (Å²) >= 11 is 0. The molecule has 0 unspecified atom stereocenters. The molecule has 24 heavy (non-hydrogen) atoms. The van der Waals surface area contributed by atoms with Crippen molar-refractivity contribution in [2.75, 3.05) is 6.61 Å². The zero-order chi connectivity index (χ0) is 18.0. The Morgan fingerprint density at radius 2 is 1.79 bits per heavy atom. The summed E-state index contributed by atoms with van der Waals surface area (Å²) in [5.74, 6) is -1.19. The summed E-state index contributed by atoms with van der Waals surface area (Å²) in [6.07, 6.45) is 0. The van der Waals surface area contributed by atoms with Crippen molar-refractivity contribution in [2.24, 2.45) is 5.92 Å². The number of ether oxygens (including phenoxy) is 1. The molecule has 128 valence electrons. The lowest BCUT2D eigenvalue weighted by atomic mass is 10.2. The van der Waals surface area contributed by atoms with E-state index in [0.717, 1.165) is 6.07 Å². The summed E-state index contributed by atoms with van der Waals surface area (Å²) in [5.41, 5.74) is -0.596. The first kappa shape index (κ1) is 17.5. The lowest BCUT2D eigenvalue weighted by molar-refractivity contribution is -0.146. The van der Waals surface area contributed by atoms with Gasteiger partial charge >= 0.3 is 11.6 Å². The van der Waals surface area contributed by atoms with E-state index in [9.17, 15) is 19.5 Å². The number of aliphatic hydroxyl groups excluding tert-OH is 1. The molecule has 0 atom stereocenters. The smallest absolute Gasteiger partial charge is 0.379 e. The lowest BCUT2D eigenvalue weighted by Crippen LogP contribution is -2.31. The van der Waals surface area contributed by atoms with Gasteiger partial charge < -0.3 is 18.7 Å². The minimum atomic E-state index is -0.683. The number of rotatable bonds is 3. The molecular formula is C17H18O7. The van der Waals surface area contributed by atoms with Gasteiger partial charge in [0.25, 0.3) is 0 Å². The third-order valence-corrected chi connectivity index (χ3v) is 3.23. The van der Waals surface area contributed by atoms with Crippen LogP contribution in [-0.2, 0) is 9.53 Å². The van der Waals surface area contributed by atoms with Crippen molar-refractivity contribution in [1.29, 1.82) is 0 Å². The number of hydrogen-bond acceptors (Lipinski definition) is 7. The van der Waals surface area contributed by atoms with Gasteiger partial charge in [0, 0.05) is 6.07 Å². The second-order valence-electron chi connectivity index (χ2n) is 5.82. The summed E-state index contributed by atoms with van der Waals surface area (Å²) in [4.78, 5) is 35.4. The van der Waals surface area contributed by atoms with Gasteiger partial charge in [-0.05, 0) is 25.5 Å². The SMILES string of the molecule is CC(C)=c1oc2cc(=O)c(=C(O)COC(=O)C(C)C)cc-2oc1=O. The van der Waals surface area contributed by atoms with Crippen LogP contribution in [0.1, 0.15) is 27.7 Å². The predicted octanol–water partition coefficient (Wildman–Crippen LogP) is 0.754. The molecule has 0 bridgehead atoms. The Morgan fingerprint density at radius 3 is 2.38 bits per heavy atom. The quantitative estimate of drug-likeness (QED) is 0.825. The Balaban J connectivity index is 2.58. The van der Waals surface area contributed by atoms with E-state index >= 15 is 0 Å². The Hall–Kier alpha value is -2.83. The van der Waals surface area contributed by atoms with Crippen LogP contribution >= 0.6 is 0 Å². The van der Waals surface area contributed by atoms with Crippen LogP contribution in [0.4, 0.5) is 0 Å². The van der Waals surface area contributed by atoms with Gasteiger partial charge in [-0.2, -0.15) is 0 Å². The molecule has 0 fully saturated rings. The third-order valence-electron chi connectivity index (χ3n) is 3.23. The Bertz CT molecular complexity index is 971. The molecule has 0 saturated carbocycles. The molecule has 7 heteroatoms. The van der Waals surface area contributed by atoms with E-state index in [0.29, 0.717) is 5.57 Å². The average Bonchev–Trinajstić information content (AvgIpc) is 2.51. The molecule has 1 N–H and O–H groups in total. The fraction of sp³-hybridized carbons (Fsp3) is 0.353. The molecule has 0 amide bonds. The highest BCUT2D eigenvalue weighted by Crippen LogP contribution is 2.13. The van der Waals surface area contributed by atoms with Crippen LogP contribution < -0.4 is 21.7 Å². The van der Waals surface area contributed by atoms with Gasteiger partial charge in [0.05, 0.1) is 11.1 Å². The van der Waals surface area contributed by atoms with Crippen molar-refractivity contribution >= 4 is 17.3 Å². The first-order valence-electron chi connectivity index (χ1n) is 7.35. The van der Waals surface area contributed by atoms with E-state index < -0.39 is 29.4 Å². The van der Waals surface area contributed by atoms with Crippen LogP contribution in [0, 0.1) is 5.92 Å². The summed E-state index contributed by atoms with van der Waals surface area (Å²) < 4.78 is 15.4. The maximum atomic E-state index is 12.1. The van der Waals surface area contributed by atoms with Crippen molar-refractivity contribution in [1.82, 2.24) is 0 Å². The number of benzene rings is 1. The zero-order valence-electron chi connectivity index (χ0n) is 13.8. The lowest BCUT2D eigenvalue weighted by Gasteiger charge is -2.07. The average molecular weight is 334 g/mol. The van der Waals surface area contributed by atoms with Gasteiger partial charge in [-0.25, -0.2) is 4.79 Å². The van der Waals surface area contributed by atoms with Gasteiger partial charge in [-0.15, -0.1) is 0 Å². The fourth-order valence-electron chi connectivity index (χ4n) is 1.91. The molecule has 0 spiro atoms. The standard InChI is InChI=1S/C17H18O7/c1-8(2)15-17(21)24-13-5-10(11(18)6-14(13)23-15)12(19)7-22-16(20)9(3)4/h5-6,9,19H,7H2,1-4H3. The first-order chi connectivity index (χ1) is 11.2. The molecule has 0 aromatic carbocycles. The van der Waals surface area contributed by atoms with Crippen molar-refractivity contribution in [3.8, 4) is 11.5 Å². The van der Waals surface area contributed by atoms with E-state index in [-0.39, 0.29) is 28.1 Å². The molecule has 1 aliphatic heterocycles. The molecule has 0 radical (unpaired) electrons. The molecule has 0 saturated heterocycles. The maximum Gasteiger partial charge on any atom is 0.379 e. The van der Waals surface area contributed by atoms with E-state index in [1.165, 1.54) is 6.07 Å². The normalized spacial score (nSPS) is 12.4. The van der Waals surface area contributed by atoms with E-state index in [2.05, 4.69) is 0 Å². The van der Waals surface area contributed by atoms with Crippen LogP contribution in [0.5, 0.6) is 0 Å². The molecule has 0 aromatic rings. The Labute approximate surface area is 136 Å². The fourth-order valence-corrected chi connectivity index (χ4v) is 1.91. The zero-order valence-corrected chi connectivity index (χ0v) is 13.8. The van der Waals surface area contributed by atoms with Crippen molar-refractivity contribution in [2.45, 2.75) is 27.7 Å². The highest BCUT2D eigenvalue weighted by molar-refractivity contribution is 5.72. The summed E-state index contributed by atoms with van der Waals surface area (Å²) in [6.45, 7) is 6.20.